The molecule has 2 rings (SSSR count). The fraction of sp³-hybridized carbons (Fsp3) is 0.720. The van der Waals surface area contributed by atoms with Gasteiger partial charge in [0.1, 0.15) is 5.75 Å². The number of rotatable bonds is 13. The summed E-state index contributed by atoms with van der Waals surface area (Å²) in [5.41, 5.74) is 0. The number of amides is 1. The van der Waals surface area contributed by atoms with Crippen LogP contribution in [0.4, 0.5) is 4.79 Å². The molecule has 1 amide bonds. The van der Waals surface area contributed by atoms with Crippen molar-refractivity contribution >= 4 is 17.7 Å². The Morgan fingerprint density at radius 1 is 1.00 bits per heavy atom. The molecular weight excluding hydrogens is 412 g/mol. The zero-order valence-corrected chi connectivity index (χ0v) is 20.4. The maximum Gasteiger partial charge on any atom is 0.415 e. The van der Waals surface area contributed by atoms with Crippen LogP contribution in [0, 0.1) is 5.92 Å². The van der Waals surface area contributed by atoms with Crippen molar-refractivity contribution in [3.05, 3.63) is 29.3 Å². The number of halogens is 1. The summed E-state index contributed by atoms with van der Waals surface area (Å²) in [6.45, 7) is 6.32. The van der Waals surface area contributed by atoms with E-state index in [1.807, 2.05) is 7.05 Å². The second-order valence-electron chi connectivity index (χ2n) is 8.90. The fourth-order valence-corrected chi connectivity index (χ4v) is 4.23. The van der Waals surface area contributed by atoms with Crippen molar-refractivity contribution in [1.29, 1.82) is 0 Å². The van der Waals surface area contributed by atoms with Crippen molar-refractivity contribution in [1.82, 2.24) is 9.80 Å². The van der Waals surface area contributed by atoms with Crippen LogP contribution < -0.4 is 4.74 Å². The quantitative estimate of drug-likeness (QED) is 0.332. The SMILES string of the molecule is CCCCCN(C)CCCCOCC1CCC(N(C)C(=O)Oc2ccc(Cl)cc2)CC1. The van der Waals surface area contributed by atoms with Gasteiger partial charge < -0.3 is 19.3 Å². The lowest BCUT2D eigenvalue weighted by molar-refractivity contribution is 0.0657. The van der Waals surface area contributed by atoms with Crippen LogP contribution in [-0.4, -0.2) is 62.3 Å². The Morgan fingerprint density at radius 2 is 1.65 bits per heavy atom. The van der Waals surface area contributed by atoms with Gasteiger partial charge >= 0.3 is 6.09 Å². The highest BCUT2D eigenvalue weighted by Crippen LogP contribution is 2.28. The van der Waals surface area contributed by atoms with Crippen molar-refractivity contribution in [2.24, 2.45) is 5.92 Å². The van der Waals surface area contributed by atoms with Crippen molar-refractivity contribution < 1.29 is 14.3 Å². The third-order valence-electron chi connectivity index (χ3n) is 6.25. The van der Waals surface area contributed by atoms with Crippen LogP contribution in [0.1, 0.15) is 64.7 Å². The summed E-state index contributed by atoms with van der Waals surface area (Å²) in [7, 11) is 4.05. The summed E-state index contributed by atoms with van der Waals surface area (Å²) >= 11 is 5.88. The molecule has 0 bridgehead atoms. The van der Waals surface area contributed by atoms with E-state index in [1.165, 1.54) is 32.2 Å². The van der Waals surface area contributed by atoms with E-state index in [0.717, 1.165) is 51.9 Å². The minimum atomic E-state index is -0.304. The van der Waals surface area contributed by atoms with Crippen LogP contribution in [-0.2, 0) is 4.74 Å². The lowest BCUT2D eigenvalue weighted by Gasteiger charge is -2.34. The van der Waals surface area contributed by atoms with Crippen molar-refractivity contribution in [2.75, 3.05) is 40.4 Å². The van der Waals surface area contributed by atoms with Gasteiger partial charge in [0.25, 0.3) is 0 Å². The predicted octanol–water partition coefficient (Wildman–Crippen LogP) is 6.25. The minimum absolute atomic E-state index is 0.235. The summed E-state index contributed by atoms with van der Waals surface area (Å²) in [5.74, 6) is 1.13. The average molecular weight is 453 g/mol. The molecule has 6 heteroatoms. The molecule has 1 saturated carbocycles. The number of benzene rings is 1. The molecule has 0 spiro atoms. The lowest BCUT2D eigenvalue weighted by Crippen LogP contribution is -2.41. The van der Waals surface area contributed by atoms with Crippen LogP contribution in [0.3, 0.4) is 0 Å². The molecule has 0 atom stereocenters. The van der Waals surface area contributed by atoms with Gasteiger partial charge in [0.2, 0.25) is 0 Å². The van der Waals surface area contributed by atoms with Crippen molar-refractivity contribution in [3.63, 3.8) is 0 Å². The first-order chi connectivity index (χ1) is 15.0. The Kier molecular flexibility index (Phi) is 12.3. The third-order valence-corrected chi connectivity index (χ3v) is 6.50. The van der Waals surface area contributed by atoms with Crippen molar-refractivity contribution in [2.45, 2.75) is 70.8 Å². The lowest BCUT2D eigenvalue weighted by atomic mass is 9.86. The molecular formula is C25H41ClN2O3. The van der Waals surface area contributed by atoms with Crippen LogP contribution in [0.2, 0.25) is 5.02 Å². The van der Waals surface area contributed by atoms with E-state index in [4.69, 9.17) is 21.1 Å². The van der Waals surface area contributed by atoms with Gasteiger partial charge in [-0.2, -0.15) is 0 Å². The van der Waals surface area contributed by atoms with E-state index >= 15 is 0 Å². The molecule has 0 N–H and O–H groups in total. The molecule has 1 fully saturated rings. The second kappa shape index (κ2) is 14.7. The number of hydrogen-bond donors (Lipinski definition) is 0. The van der Waals surface area contributed by atoms with E-state index in [-0.39, 0.29) is 12.1 Å². The molecule has 0 saturated heterocycles. The molecule has 5 nitrogen and oxygen atoms in total. The molecule has 1 aliphatic carbocycles. The molecule has 0 unspecified atom stereocenters. The highest BCUT2D eigenvalue weighted by Gasteiger charge is 2.27. The molecule has 0 radical (unpaired) electrons. The number of carbonyl (C=O) groups excluding carboxylic acids is 1. The van der Waals surface area contributed by atoms with Gasteiger partial charge in [-0.05, 0) is 95.3 Å². The summed E-state index contributed by atoms with van der Waals surface area (Å²) < 4.78 is 11.4. The van der Waals surface area contributed by atoms with Gasteiger partial charge in [-0.1, -0.05) is 31.4 Å². The number of ether oxygens (including phenoxy) is 2. The largest absolute Gasteiger partial charge is 0.415 e. The average Bonchev–Trinajstić information content (AvgIpc) is 2.77. The summed E-state index contributed by atoms with van der Waals surface area (Å²) in [5, 5.41) is 0.628. The molecule has 176 valence electrons. The standard InChI is InChI=1S/C25H41ClN2O3/c1-4-5-6-17-27(2)18-7-8-19-30-20-21-9-13-23(14-10-21)28(3)25(29)31-24-15-11-22(26)12-16-24/h11-12,15-16,21,23H,4-10,13-14,17-20H2,1-3H3. The van der Waals surface area contributed by atoms with E-state index in [2.05, 4.69) is 18.9 Å². The Bertz CT molecular complexity index is 618. The number of nitrogens with zero attached hydrogens (tertiary/aromatic N) is 2. The molecule has 0 heterocycles. The van der Waals surface area contributed by atoms with Crippen LogP contribution in [0.25, 0.3) is 0 Å². The Balaban J connectivity index is 1.53. The molecule has 1 aromatic rings. The smallest absolute Gasteiger partial charge is 0.410 e. The first kappa shape index (κ1) is 26.0. The van der Waals surface area contributed by atoms with Gasteiger partial charge in [0.05, 0.1) is 0 Å². The third kappa shape index (κ3) is 10.2. The summed E-state index contributed by atoms with van der Waals surface area (Å²) in [6, 6.07) is 7.11. The van der Waals surface area contributed by atoms with Crippen molar-refractivity contribution in [3.8, 4) is 5.75 Å². The van der Waals surface area contributed by atoms with Crippen LogP contribution in [0.15, 0.2) is 24.3 Å². The maximum absolute atomic E-state index is 12.4. The normalized spacial score (nSPS) is 18.9. The first-order valence-corrected chi connectivity index (χ1v) is 12.3. The van der Waals surface area contributed by atoms with E-state index in [9.17, 15) is 4.79 Å². The zero-order chi connectivity index (χ0) is 22.5. The topological polar surface area (TPSA) is 42.0 Å². The monoisotopic (exact) mass is 452 g/mol. The molecule has 0 aliphatic heterocycles. The van der Waals surface area contributed by atoms with Gasteiger partial charge in [0, 0.05) is 31.3 Å². The minimum Gasteiger partial charge on any atom is -0.410 e. The fourth-order valence-electron chi connectivity index (χ4n) is 4.10. The Labute approximate surface area is 194 Å². The zero-order valence-electron chi connectivity index (χ0n) is 19.7. The Hall–Kier alpha value is -1.30. The highest BCUT2D eigenvalue weighted by atomic mass is 35.5. The molecule has 1 aliphatic rings. The van der Waals surface area contributed by atoms with Crippen LogP contribution in [0.5, 0.6) is 5.75 Å². The Morgan fingerprint density at radius 3 is 2.29 bits per heavy atom. The maximum atomic E-state index is 12.4. The van der Waals surface area contributed by atoms with Gasteiger partial charge in [0.15, 0.2) is 0 Å². The molecule has 0 aromatic heterocycles. The van der Waals surface area contributed by atoms with E-state index in [0.29, 0.717) is 16.7 Å². The first-order valence-electron chi connectivity index (χ1n) is 12.0. The highest BCUT2D eigenvalue weighted by molar-refractivity contribution is 6.30. The second-order valence-corrected chi connectivity index (χ2v) is 9.34. The summed E-state index contributed by atoms with van der Waals surface area (Å²) in [4.78, 5) is 16.6. The van der Waals surface area contributed by atoms with Crippen LogP contribution >= 0.6 is 11.6 Å². The van der Waals surface area contributed by atoms with Gasteiger partial charge in [-0.3, -0.25) is 0 Å². The number of unbranched alkanes of at least 4 members (excludes halogenated alkanes) is 3. The predicted molar refractivity (Wildman–Crippen MR) is 128 cm³/mol. The van der Waals surface area contributed by atoms with E-state index in [1.54, 1.807) is 29.2 Å². The summed E-state index contributed by atoms with van der Waals surface area (Å²) in [6.07, 6.45) is 10.2. The molecule has 1 aromatic carbocycles. The molecule has 31 heavy (non-hydrogen) atoms. The number of carbonyl (C=O) groups is 1. The number of hydrogen-bond acceptors (Lipinski definition) is 4. The van der Waals surface area contributed by atoms with Gasteiger partial charge in [-0.25, -0.2) is 4.79 Å². The van der Waals surface area contributed by atoms with Gasteiger partial charge in [-0.15, -0.1) is 0 Å². The van der Waals surface area contributed by atoms with E-state index < -0.39 is 0 Å².